The Balaban J connectivity index is 2.95. The third-order valence-electron chi connectivity index (χ3n) is 2.17. The van der Waals surface area contributed by atoms with Gasteiger partial charge in [0, 0.05) is 5.56 Å². The van der Waals surface area contributed by atoms with Crippen molar-refractivity contribution in [3.05, 3.63) is 35.9 Å². The lowest BCUT2D eigenvalue weighted by Gasteiger charge is -2.20. The van der Waals surface area contributed by atoms with Gasteiger partial charge in [-0.2, -0.15) is 5.26 Å². The van der Waals surface area contributed by atoms with E-state index in [2.05, 4.69) is 5.16 Å². The van der Waals surface area contributed by atoms with Gasteiger partial charge in [0.1, 0.15) is 6.07 Å². The van der Waals surface area contributed by atoms with Crippen LogP contribution in [0.2, 0.25) is 0 Å². The summed E-state index contributed by atoms with van der Waals surface area (Å²) in [5, 5.41) is 12.7. The highest BCUT2D eigenvalue weighted by Crippen LogP contribution is 2.50. The fraction of sp³-hybridized carbons (Fsp3) is 0.333. The fourth-order valence-electron chi connectivity index (χ4n) is 1.20. The second-order valence-corrected chi connectivity index (χ2v) is 5.89. The van der Waals surface area contributed by atoms with Gasteiger partial charge in [-0.15, -0.1) is 0 Å². The smallest absolute Gasteiger partial charge is 0.300 e. The molecule has 0 bridgehead atoms. The number of nitriles is 1. The summed E-state index contributed by atoms with van der Waals surface area (Å²) in [6.45, 7) is 1.92. The summed E-state index contributed by atoms with van der Waals surface area (Å²) in [5.41, 5.74) is 0.634. The first kappa shape index (κ1) is 15.4. The van der Waals surface area contributed by atoms with E-state index in [1.54, 1.807) is 45.3 Å². The van der Waals surface area contributed by atoms with Crippen molar-refractivity contribution < 1.29 is 13.7 Å². The van der Waals surface area contributed by atoms with Crippen molar-refractivity contribution in [2.24, 2.45) is 5.16 Å². The molecule has 1 aromatic rings. The number of rotatable bonds is 6. The van der Waals surface area contributed by atoms with E-state index < -0.39 is 7.75 Å². The molecule has 6 nitrogen and oxygen atoms in total. The predicted molar refractivity (Wildman–Crippen MR) is 72.6 cm³/mol. The molecule has 0 aliphatic heterocycles. The Hall–Kier alpha value is -1.67. The van der Waals surface area contributed by atoms with E-state index in [-0.39, 0.29) is 12.3 Å². The molecule has 0 spiro atoms. The van der Waals surface area contributed by atoms with Crippen LogP contribution in [-0.4, -0.2) is 31.1 Å². The zero-order valence-electron chi connectivity index (χ0n) is 11.1. The Bertz CT molecular complexity index is 523. The minimum atomic E-state index is -3.48. The van der Waals surface area contributed by atoms with Gasteiger partial charge in [0.25, 0.3) is 0 Å². The van der Waals surface area contributed by atoms with Gasteiger partial charge >= 0.3 is 7.75 Å². The molecule has 7 heteroatoms. The van der Waals surface area contributed by atoms with Crippen molar-refractivity contribution in [1.82, 2.24) is 4.67 Å². The number of nitrogens with zero attached hydrogens (tertiary/aromatic N) is 3. The molecule has 0 aromatic heterocycles. The van der Waals surface area contributed by atoms with Gasteiger partial charge in [-0.3, -0.25) is 9.15 Å². The molecule has 0 fully saturated rings. The van der Waals surface area contributed by atoms with Crippen molar-refractivity contribution in [2.75, 3.05) is 20.7 Å². The monoisotopic (exact) mass is 281 g/mol. The Morgan fingerprint density at radius 2 is 2.05 bits per heavy atom. The molecule has 0 radical (unpaired) electrons. The highest BCUT2D eigenvalue weighted by molar-refractivity contribution is 7.51. The van der Waals surface area contributed by atoms with Gasteiger partial charge in [-0.1, -0.05) is 35.5 Å². The first-order chi connectivity index (χ1) is 9.03. The molecule has 0 N–H and O–H groups in total. The Kier molecular flexibility index (Phi) is 5.71. The maximum atomic E-state index is 12.2. The van der Waals surface area contributed by atoms with E-state index in [9.17, 15) is 4.57 Å². The second kappa shape index (κ2) is 7.05. The van der Waals surface area contributed by atoms with Crippen molar-refractivity contribution in [2.45, 2.75) is 6.92 Å². The van der Waals surface area contributed by atoms with Crippen LogP contribution < -0.4 is 0 Å². The summed E-state index contributed by atoms with van der Waals surface area (Å²) in [6.07, 6.45) is 0. The SMILES string of the molecule is CCOP(=O)(ON=C(C#N)c1ccccc1)N(C)C. The highest BCUT2D eigenvalue weighted by atomic mass is 31.2. The second-order valence-electron chi connectivity index (χ2n) is 3.73. The van der Waals surface area contributed by atoms with Gasteiger partial charge in [-0.05, 0) is 21.0 Å². The number of hydrogen-bond acceptors (Lipinski definition) is 5. The van der Waals surface area contributed by atoms with E-state index in [4.69, 9.17) is 14.4 Å². The Morgan fingerprint density at radius 3 is 2.53 bits per heavy atom. The first-order valence-electron chi connectivity index (χ1n) is 5.68. The molecule has 1 unspecified atom stereocenters. The average molecular weight is 281 g/mol. The van der Waals surface area contributed by atoms with Gasteiger partial charge in [0.2, 0.25) is 0 Å². The van der Waals surface area contributed by atoms with Crippen molar-refractivity contribution >= 4 is 13.5 Å². The number of hydrogen-bond donors (Lipinski definition) is 0. The van der Waals surface area contributed by atoms with E-state index in [0.717, 1.165) is 0 Å². The molecule has 102 valence electrons. The minimum Gasteiger partial charge on any atom is -0.300 e. The fourth-order valence-corrected chi connectivity index (χ4v) is 2.14. The van der Waals surface area contributed by atoms with E-state index in [1.807, 2.05) is 12.1 Å². The van der Waals surface area contributed by atoms with E-state index in [0.29, 0.717) is 5.56 Å². The van der Waals surface area contributed by atoms with Crippen LogP contribution in [0.1, 0.15) is 12.5 Å². The molecule has 1 rings (SSSR count). The van der Waals surface area contributed by atoms with Gasteiger partial charge < -0.3 is 0 Å². The maximum Gasteiger partial charge on any atom is 0.480 e. The first-order valence-corrected chi connectivity index (χ1v) is 7.17. The molecular formula is C12H16N3O3P. The third-order valence-corrected chi connectivity index (χ3v) is 4.02. The van der Waals surface area contributed by atoms with Crippen LogP contribution in [0.4, 0.5) is 0 Å². The quantitative estimate of drug-likeness (QED) is 0.455. The van der Waals surface area contributed by atoms with Crippen molar-refractivity contribution in [3.63, 3.8) is 0 Å². The molecule has 1 atom stereocenters. The van der Waals surface area contributed by atoms with Crippen LogP contribution in [0.25, 0.3) is 0 Å². The van der Waals surface area contributed by atoms with Crippen LogP contribution in [0.5, 0.6) is 0 Å². The van der Waals surface area contributed by atoms with Crippen LogP contribution in [0, 0.1) is 11.3 Å². The zero-order valence-corrected chi connectivity index (χ0v) is 12.0. The molecule has 0 amide bonds. The van der Waals surface area contributed by atoms with Crippen LogP contribution in [0.3, 0.4) is 0 Å². The average Bonchev–Trinajstić information content (AvgIpc) is 2.41. The van der Waals surface area contributed by atoms with E-state index >= 15 is 0 Å². The molecule has 19 heavy (non-hydrogen) atoms. The molecule has 0 heterocycles. The topological polar surface area (TPSA) is 74.9 Å². The lowest BCUT2D eigenvalue weighted by molar-refractivity contribution is 0.184. The van der Waals surface area contributed by atoms with Gasteiger partial charge in [0.15, 0.2) is 5.71 Å². The van der Waals surface area contributed by atoms with E-state index in [1.165, 1.54) is 4.67 Å². The van der Waals surface area contributed by atoms with Gasteiger partial charge in [0.05, 0.1) is 6.61 Å². The lowest BCUT2D eigenvalue weighted by Crippen LogP contribution is -2.12. The lowest BCUT2D eigenvalue weighted by atomic mass is 10.1. The molecule has 1 aromatic carbocycles. The summed E-state index contributed by atoms with van der Waals surface area (Å²) in [6, 6.07) is 10.7. The van der Waals surface area contributed by atoms with Crippen LogP contribution >= 0.6 is 7.75 Å². The minimum absolute atomic E-state index is 0.0439. The molecular weight excluding hydrogens is 265 g/mol. The maximum absolute atomic E-state index is 12.2. The zero-order chi connectivity index (χ0) is 14.3. The number of oxime groups is 1. The summed E-state index contributed by atoms with van der Waals surface area (Å²) in [7, 11) is -0.372. The standard InChI is InChI=1S/C12H16N3O3P/c1-4-17-19(16,15(2)3)18-14-12(10-13)11-8-6-5-7-9-11/h5-9H,4H2,1-3H3. The molecule has 0 aliphatic rings. The highest BCUT2D eigenvalue weighted by Gasteiger charge is 2.29. The molecule has 0 saturated carbocycles. The third kappa shape index (κ3) is 4.18. The summed E-state index contributed by atoms with van der Waals surface area (Å²) >= 11 is 0. The van der Waals surface area contributed by atoms with Crippen LogP contribution in [-0.2, 0) is 13.7 Å². The van der Waals surface area contributed by atoms with Crippen LogP contribution in [0.15, 0.2) is 35.5 Å². The van der Waals surface area contributed by atoms with Crippen molar-refractivity contribution in [3.8, 4) is 6.07 Å². The normalized spacial score (nSPS) is 14.8. The largest absolute Gasteiger partial charge is 0.480 e. The predicted octanol–water partition coefficient (Wildman–Crippen LogP) is 2.64. The molecule has 0 saturated heterocycles. The molecule has 0 aliphatic carbocycles. The Morgan fingerprint density at radius 1 is 1.42 bits per heavy atom. The number of benzene rings is 1. The van der Waals surface area contributed by atoms with Gasteiger partial charge in [-0.25, -0.2) is 9.24 Å². The summed E-state index contributed by atoms with van der Waals surface area (Å²) in [4.78, 5) is 0. The summed E-state index contributed by atoms with van der Waals surface area (Å²) < 4.78 is 23.6. The Labute approximate surface area is 112 Å². The van der Waals surface area contributed by atoms with Crippen molar-refractivity contribution in [1.29, 1.82) is 5.26 Å². The summed E-state index contributed by atoms with van der Waals surface area (Å²) in [5.74, 6) is 0.